The van der Waals surface area contributed by atoms with Gasteiger partial charge < -0.3 is 20.7 Å². The summed E-state index contributed by atoms with van der Waals surface area (Å²) in [5.41, 5.74) is -0.521. The molecule has 3 N–H and O–H groups in total. The molecule has 172 valence electrons. The summed E-state index contributed by atoms with van der Waals surface area (Å²) in [4.78, 5) is 16.4. The highest BCUT2D eigenvalue weighted by molar-refractivity contribution is 14.0. The van der Waals surface area contributed by atoms with Crippen LogP contribution in [0.25, 0.3) is 0 Å². The highest BCUT2D eigenvalue weighted by atomic mass is 127. The number of nitrogens with zero attached hydrogens (tertiary/aromatic N) is 1. The molecule has 1 rings (SSSR count). The Bertz CT molecular complexity index is 552. The molecule has 0 aromatic heterocycles. The van der Waals surface area contributed by atoms with Gasteiger partial charge in [-0.3, -0.25) is 9.20 Å². The van der Waals surface area contributed by atoms with Gasteiger partial charge in [-0.1, -0.05) is 27.2 Å². The van der Waals surface area contributed by atoms with E-state index in [1.54, 1.807) is 7.05 Å². The number of guanidine groups is 1. The van der Waals surface area contributed by atoms with E-state index in [9.17, 15) is 9.00 Å². The normalized spacial score (nSPS) is 22.3. The van der Waals surface area contributed by atoms with Crippen LogP contribution in [0.15, 0.2) is 4.99 Å². The minimum absolute atomic E-state index is 0. The van der Waals surface area contributed by atoms with Crippen molar-refractivity contribution >= 4 is 46.8 Å². The van der Waals surface area contributed by atoms with E-state index in [4.69, 9.17) is 4.74 Å². The van der Waals surface area contributed by atoms with Gasteiger partial charge in [-0.25, -0.2) is 4.79 Å². The molecular formula is C20H41IN4O3S. The van der Waals surface area contributed by atoms with Gasteiger partial charge in [0.1, 0.15) is 5.60 Å². The van der Waals surface area contributed by atoms with Crippen molar-refractivity contribution in [2.24, 2.45) is 10.9 Å². The highest BCUT2D eigenvalue weighted by Gasteiger charge is 2.26. The van der Waals surface area contributed by atoms with Gasteiger partial charge in [0.15, 0.2) is 5.96 Å². The molecule has 1 amide bonds. The number of carbonyl (C=O) groups excluding carboxylic acids is 1. The molecule has 29 heavy (non-hydrogen) atoms. The SMILES string of the molecule is CCS(=O)C1CCCC(NC(=NC)NCC(NC(=O)OC(C)(C)C)C(C)C)C1.I. The Morgan fingerprint density at radius 1 is 1.28 bits per heavy atom. The molecule has 1 fully saturated rings. The van der Waals surface area contributed by atoms with Gasteiger partial charge in [0.2, 0.25) is 0 Å². The van der Waals surface area contributed by atoms with Gasteiger partial charge in [-0.2, -0.15) is 0 Å². The molecule has 0 aliphatic heterocycles. The number of ether oxygens (including phenoxy) is 1. The molecule has 0 bridgehead atoms. The summed E-state index contributed by atoms with van der Waals surface area (Å²) in [5.74, 6) is 1.67. The maximum absolute atomic E-state index is 12.1. The predicted molar refractivity (Wildman–Crippen MR) is 133 cm³/mol. The molecule has 0 spiro atoms. The number of rotatable bonds is 7. The van der Waals surface area contributed by atoms with Gasteiger partial charge in [0.25, 0.3) is 0 Å². The van der Waals surface area contributed by atoms with Crippen molar-refractivity contribution < 1.29 is 13.7 Å². The van der Waals surface area contributed by atoms with Gasteiger partial charge >= 0.3 is 6.09 Å². The summed E-state index contributed by atoms with van der Waals surface area (Å²) in [7, 11) is 0.996. The summed E-state index contributed by atoms with van der Waals surface area (Å²) >= 11 is 0. The van der Waals surface area contributed by atoms with Crippen molar-refractivity contribution in [1.82, 2.24) is 16.0 Å². The van der Waals surface area contributed by atoms with Crippen molar-refractivity contribution in [3.05, 3.63) is 0 Å². The van der Waals surface area contributed by atoms with Crippen LogP contribution in [0.3, 0.4) is 0 Å². The molecule has 1 aliphatic rings. The summed E-state index contributed by atoms with van der Waals surface area (Å²) in [6.07, 6.45) is 3.68. The molecular weight excluding hydrogens is 503 g/mol. The zero-order valence-corrected chi connectivity index (χ0v) is 22.2. The summed E-state index contributed by atoms with van der Waals surface area (Å²) in [5, 5.41) is 9.99. The van der Waals surface area contributed by atoms with Crippen molar-refractivity contribution in [1.29, 1.82) is 0 Å². The first-order valence-electron chi connectivity index (χ1n) is 10.4. The lowest BCUT2D eigenvalue weighted by Gasteiger charge is -2.31. The largest absolute Gasteiger partial charge is 0.444 e. The number of alkyl carbamates (subject to hydrolysis) is 1. The molecule has 9 heteroatoms. The van der Waals surface area contributed by atoms with E-state index < -0.39 is 22.5 Å². The Morgan fingerprint density at radius 3 is 2.45 bits per heavy atom. The molecule has 1 saturated carbocycles. The second-order valence-corrected chi connectivity index (χ2v) is 10.8. The average Bonchev–Trinajstić information content (AvgIpc) is 2.61. The standard InChI is InChI=1S/C20H40N4O3S.HI/c1-8-28(26)16-11-9-10-15(12-16)23-18(21-7)22-13-17(14(2)3)24-19(25)27-20(4,5)6;/h14-17H,8-13H2,1-7H3,(H,24,25)(H2,21,22,23);1H. The fourth-order valence-corrected chi connectivity index (χ4v) is 4.61. The van der Waals surface area contributed by atoms with Crippen LogP contribution in [0, 0.1) is 5.92 Å². The first-order valence-corrected chi connectivity index (χ1v) is 11.8. The van der Waals surface area contributed by atoms with Crippen LogP contribution in [0.2, 0.25) is 0 Å². The van der Waals surface area contributed by atoms with E-state index in [0.29, 0.717) is 12.5 Å². The Morgan fingerprint density at radius 2 is 1.93 bits per heavy atom. The Labute approximate surface area is 196 Å². The van der Waals surface area contributed by atoms with Crippen LogP contribution in [0.5, 0.6) is 0 Å². The van der Waals surface area contributed by atoms with Crippen molar-refractivity contribution in [3.63, 3.8) is 0 Å². The van der Waals surface area contributed by atoms with Gasteiger partial charge in [-0.05, 0) is 46.0 Å². The third kappa shape index (κ3) is 11.4. The Kier molecular flexibility index (Phi) is 13.4. The molecule has 4 unspecified atom stereocenters. The maximum Gasteiger partial charge on any atom is 0.407 e. The van der Waals surface area contributed by atoms with Crippen LogP contribution >= 0.6 is 24.0 Å². The monoisotopic (exact) mass is 544 g/mol. The molecule has 4 atom stereocenters. The number of nitrogens with one attached hydrogen (secondary N) is 3. The minimum atomic E-state index is -0.745. The first kappa shape index (κ1) is 28.4. The summed E-state index contributed by atoms with van der Waals surface area (Å²) in [6, 6.07) is 0.192. The molecule has 0 aromatic rings. The second-order valence-electron chi connectivity index (χ2n) is 8.75. The summed E-state index contributed by atoms with van der Waals surface area (Å²) < 4.78 is 17.5. The van der Waals surface area contributed by atoms with Gasteiger partial charge in [0, 0.05) is 41.4 Å². The van der Waals surface area contributed by atoms with E-state index in [0.717, 1.165) is 31.4 Å². The summed E-state index contributed by atoms with van der Waals surface area (Å²) in [6.45, 7) is 12.2. The molecule has 1 aliphatic carbocycles. The Hall–Kier alpha value is -0.580. The molecule has 0 heterocycles. The smallest absolute Gasteiger partial charge is 0.407 e. The van der Waals surface area contributed by atoms with E-state index in [2.05, 4.69) is 34.8 Å². The predicted octanol–water partition coefficient (Wildman–Crippen LogP) is 3.40. The lowest BCUT2D eigenvalue weighted by Crippen LogP contribution is -2.52. The molecule has 7 nitrogen and oxygen atoms in total. The van der Waals surface area contributed by atoms with E-state index in [-0.39, 0.29) is 47.2 Å². The van der Waals surface area contributed by atoms with Crippen LogP contribution in [0.4, 0.5) is 4.79 Å². The van der Waals surface area contributed by atoms with Crippen molar-refractivity contribution in [2.45, 2.75) is 90.2 Å². The number of amides is 1. The molecule has 0 radical (unpaired) electrons. The fraction of sp³-hybridized carbons (Fsp3) is 0.900. The van der Waals surface area contributed by atoms with Crippen molar-refractivity contribution in [3.8, 4) is 0 Å². The van der Waals surface area contributed by atoms with E-state index >= 15 is 0 Å². The zero-order valence-electron chi connectivity index (χ0n) is 19.0. The topological polar surface area (TPSA) is 91.8 Å². The lowest BCUT2D eigenvalue weighted by atomic mass is 9.95. The lowest BCUT2D eigenvalue weighted by molar-refractivity contribution is 0.0491. The van der Waals surface area contributed by atoms with Crippen LogP contribution in [-0.4, -0.2) is 58.5 Å². The van der Waals surface area contributed by atoms with Gasteiger partial charge in [0.05, 0.1) is 6.04 Å². The number of aliphatic imine (C=N–C) groups is 1. The minimum Gasteiger partial charge on any atom is -0.444 e. The maximum atomic E-state index is 12.1. The number of carbonyl (C=O) groups is 1. The van der Waals surface area contributed by atoms with Crippen molar-refractivity contribution in [2.75, 3.05) is 19.3 Å². The third-order valence-electron chi connectivity index (χ3n) is 4.84. The fourth-order valence-electron chi connectivity index (χ4n) is 3.26. The number of halogens is 1. The quantitative estimate of drug-likeness (QED) is 0.260. The Balaban J connectivity index is 0.00000784. The third-order valence-corrected chi connectivity index (χ3v) is 6.58. The molecule has 0 saturated heterocycles. The zero-order chi connectivity index (χ0) is 21.3. The van der Waals surface area contributed by atoms with Crippen LogP contribution < -0.4 is 16.0 Å². The first-order chi connectivity index (χ1) is 13.1. The van der Waals surface area contributed by atoms with E-state index in [1.165, 1.54) is 0 Å². The highest BCUT2D eigenvalue weighted by Crippen LogP contribution is 2.23. The average molecular weight is 545 g/mol. The van der Waals surface area contributed by atoms with E-state index in [1.807, 2.05) is 27.7 Å². The molecule has 0 aromatic carbocycles. The van der Waals surface area contributed by atoms with Crippen LogP contribution in [0.1, 0.15) is 67.2 Å². The van der Waals surface area contributed by atoms with Gasteiger partial charge in [-0.15, -0.1) is 24.0 Å². The van der Waals surface area contributed by atoms with Crippen LogP contribution in [-0.2, 0) is 15.5 Å². The number of hydrogen-bond donors (Lipinski definition) is 3. The second kappa shape index (κ2) is 13.7. The number of hydrogen-bond acceptors (Lipinski definition) is 4.